The van der Waals surface area contributed by atoms with E-state index < -0.39 is 10.9 Å². The van der Waals surface area contributed by atoms with Crippen LogP contribution in [0.4, 0.5) is 5.69 Å². The van der Waals surface area contributed by atoms with Crippen LogP contribution >= 0.6 is 0 Å². The van der Waals surface area contributed by atoms with Gasteiger partial charge >= 0.3 is 5.97 Å². The van der Waals surface area contributed by atoms with Crippen molar-refractivity contribution < 1.29 is 14.5 Å². The maximum atomic E-state index is 11.5. The monoisotopic (exact) mass is 283 g/mol. The van der Waals surface area contributed by atoms with Crippen molar-refractivity contribution in [1.82, 2.24) is 4.98 Å². The summed E-state index contributed by atoms with van der Waals surface area (Å²) in [5.74, 6) is -0.594. The van der Waals surface area contributed by atoms with Crippen molar-refractivity contribution in [2.24, 2.45) is 0 Å². The van der Waals surface area contributed by atoms with Gasteiger partial charge in [0, 0.05) is 24.0 Å². The highest BCUT2D eigenvalue weighted by molar-refractivity contribution is 5.91. The Hall–Kier alpha value is -3.27. The van der Waals surface area contributed by atoms with E-state index in [9.17, 15) is 14.9 Å². The SMILES string of the molecule is COC(=O)c1cncc(-c2cc(C#N)ccc2[N+](=O)[O-])c1. The molecule has 0 N–H and O–H groups in total. The molecule has 7 nitrogen and oxygen atoms in total. The van der Waals surface area contributed by atoms with Crippen LogP contribution in [0, 0.1) is 21.4 Å². The highest BCUT2D eigenvalue weighted by Gasteiger charge is 2.17. The van der Waals surface area contributed by atoms with E-state index in [1.165, 1.54) is 43.8 Å². The molecule has 0 amide bonds. The Morgan fingerprint density at radius 2 is 2.14 bits per heavy atom. The first-order valence-electron chi connectivity index (χ1n) is 5.79. The number of methoxy groups -OCH3 is 1. The fraction of sp³-hybridized carbons (Fsp3) is 0.0714. The first-order chi connectivity index (χ1) is 10.1. The van der Waals surface area contributed by atoms with Crippen LogP contribution in [0.1, 0.15) is 15.9 Å². The average Bonchev–Trinajstić information content (AvgIpc) is 2.53. The molecule has 21 heavy (non-hydrogen) atoms. The quantitative estimate of drug-likeness (QED) is 0.486. The van der Waals surface area contributed by atoms with E-state index in [1.807, 2.05) is 6.07 Å². The van der Waals surface area contributed by atoms with Crippen LogP contribution < -0.4 is 0 Å². The molecule has 1 aromatic carbocycles. The van der Waals surface area contributed by atoms with Crippen LogP contribution in [0.15, 0.2) is 36.7 Å². The number of nitro benzene ring substituents is 1. The lowest BCUT2D eigenvalue weighted by Crippen LogP contribution is -2.02. The summed E-state index contributed by atoms with van der Waals surface area (Å²) in [7, 11) is 1.23. The molecule has 0 bridgehead atoms. The molecule has 0 saturated heterocycles. The van der Waals surface area contributed by atoms with E-state index in [1.54, 1.807) is 0 Å². The molecular weight excluding hydrogens is 274 g/mol. The predicted octanol–water partition coefficient (Wildman–Crippen LogP) is 2.32. The molecule has 1 aromatic heterocycles. The minimum Gasteiger partial charge on any atom is -0.465 e. The molecule has 0 aliphatic heterocycles. The Kier molecular flexibility index (Phi) is 3.90. The maximum absolute atomic E-state index is 11.5. The van der Waals surface area contributed by atoms with Gasteiger partial charge in [0.15, 0.2) is 0 Å². The molecule has 2 aromatic rings. The van der Waals surface area contributed by atoms with E-state index >= 15 is 0 Å². The van der Waals surface area contributed by atoms with Gasteiger partial charge < -0.3 is 4.74 Å². The largest absolute Gasteiger partial charge is 0.465 e. The predicted molar refractivity (Wildman–Crippen MR) is 72.4 cm³/mol. The zero-order valence-electron chi connectivity index (χ0n) is 10.9. The second kappa shape index (κ2) is 5.79. The number of ether oxygens (including phenoxy) is 1. The molecule has 0 spiro atoms. The van der Waals surface area contributed by atoms with Crippen molar-refractivity contribution in [3.05, 3.63) is 57.9 Å². The lowest BCUT2D eigenvalue weighted by molar-refractivity contribution is -0.384. The standard InChI is InChI=1S/C14H9N3O4/c1-21-14(18)11-5-10(7-16-8-11)12-4-9(6-15)2-3-13(12)17(19)20/h2-5,7-8H,1H3. The number of esters is 1. The van der Waals surface area contributed by atoms with E-state index in [2.05, 4.69) is 9.72 Å². The van der Waals surface area contributed by atoms with Crippen molar-refractivity contribution in [2.75, 3.05) is 7.11 Å². The van der Waals surface area contributed by atoms with Crippen LogP contribution in [-0.2, 0) is 4.74 Å². The van der Waals surface area contributed by atoms with Crippen molar-refractivity contribution in [3.63, 3.8) is 0 Å². The summed E-state index contributed by atoms with van der Waals surface area (Å²) in [4.78, 5) is 25.9. The topological polar surface area (TPSA) is 106 Å². The average molecular weight is 283 g/mol. The van der Waals surface area contributed by atoms with Gasteiger partial charge in [0.05, 0.1) is 34.8 Å². The van der Waals surface area contributed by atoms with Gasteiger partial charge in [0.2, 0.25) is 0 Å². The molecule has 104 valence electrons. The number of nitriles is 1. The third kappa shape index (κ3) is 2.84. The number of carbonyl (C=O) groups excluding carboxylic acids is 1. The van der Waals surface area contributed by atoms with Crippen molar-refractivity contribution >= 4 is 11.7 Å². The number of rotatable bonds is 3. The van der Waals surface area contributed by atoms with Gasteiger partial charge in [-0.15, -0.1) is 0 Å². The molecule has 1 heterocycles. The van der Waals surface area contributed by atoms with Crippen molar-refractivity contribution in [2.45, 2.75) is 0 Å². The minimum absolute atomic E-state index is 0.169. The smallest absolute Gasteiger partial charge is 0.339 e. The van der Waals surface area contributed by atoms with Gasteiger partial charge in [0.1, 0.15) is 0 Å². The van der Waals surface area contributed by atoms with Gasteiger partial charge in [-0.1, -0.05) is 0 Å². The highest BCUT2D eigenvalue weighted by Crippen LogP contribution is 2.30. The van der Waals surface area contributed by atoms with Crippen LogP contribution in [0.25, 0.3) is 11.1 Å². The summed E-state index contributed by atoms with van der Waals surface area (Å²) >= 11 is 0. The molecule has 0 saturated carbocycles. The molecule has 0 aliphatic carbocycles. The van der Waals surface area contributed by atoms with Gasteiger partial charge in [-0.2, -0.15) is 5.26 Å². The first-order valence-corrected chi connectivity index (χ1v) is 5.79. The van der Waals surface area contributed by atoms with E-state index in [4.69, 9.17) is 5.26 Å². The number of benzene rings is 1. The van der Waals surface area contributed by atoms with Gasteiger partial charge in [-0.3, -0.25) is 15.1 Å². The number of nitro groups is 1. The Morgan fingerprint density at radius 1 is 1.38 bits per heavy atom. The van der Waals surface area contributed by atoms with Crippen LogP contribution in [0.5, 0.6) is 0 Å². The Morgan fingerprint density at radius 3 is 2.76 bits per heavy atom. The first kappa shape index (κ1) is 14.1. The zero-order chi connectivity index (χ0) is 15.4. The second-order valence-electron chi connectivity index (χ2n) is 4.05. The molecule has 0 atom stereocenters. The fourth-order valence-electron chi connectivity index (χ4n) is 1.81. The summed E-state index contributed by atoms with van der Waals surface area (Å²) in [6.45, 7) is 0. The number of hydrogen-bond donors (Lipinski definition) is 0. The molecule has 2 rings (SSSR count). The van der Waals surface area contributed by atoms with Crippen LogP contribution in [0.2, 0.25) is 0 Å². The fourth-order valence-corrected chi connectivity index (χ4v) is 1.81. The maximum Gasteiger partial charge on any atom is 0.339 e. The van der Waals surface area contributed by atoms with Crippen LogP contribution in [0.3, 0.4) is 0 Å². The Bertz CT molecular complexity index is 765. The second-order valence-corrected chi connectivity index (χ2v) is 4.05. The summed E-state index contributed by atoms with van der Waals surface area (Å²) in [6.07, 6.45) is 2.69. The number of nitrogens with zero attached hydrogens (tertiary/aromatic N) is 3. The van der Waals surface area contributed by atoms with E-state index in [-0.39, 0.29) is 22.4 Å². The molecule has 0 aliphatic rings. The number of carbonyl (C=O) groups is 1. The Labute approximate surface area is 119 Å². The molecule has 0 radical (unpaired) electrons. The van der Waals surface area contributed by atoms with Gasteiger partial charge in [-0.05, 0) is 18.2 Å². The summed E-state index contributed by atoms with van der Waals surface area (Å²) < 4.78 is 4.58. The van der Waals surface area contributed by atoms with E-state index in [0.29, 0.717) is 5.56 Å². The number of hydrogen-bond acceptors (Lipinski definition) is 6. The lowest BCUT2D eigenvalue weighted by atomic mass is 10.0. The van der Waals surface area contributed by atoms with Crippen LogP contribution in [-0.4, -0.2) is 23.0 Å². The summed E-state index contributed by atoms with van der Waals surface area (Å²) in [5, 5.41) is 20.0. The third-order valence-electron chi connectivity index (χ3n) is 2.79. The van der Waals surface area contributed by atoms with Gasteiger partial charge in [0.25, 0.3) is 5.69 Å². The van der Waals surface area contributed by atoms with E-state index in [0.717, 1.165) is 0 Å². The number of aromatic nitrogens is 1. The Balaban J connectivity index is 2.63. The van der Waals surface area contributed by atoms with Crippen molar-refractivity contribution in [1.29, 1.82) is 5.26 Å². The van der Waals surface area contributed by atoms with Crippen molar-refractivity contribution in [3.8, 4) is 17.2 Å². The summed E-state index contributed by atoms with van der Waals surface area (Å²) in [6, 6.07) is 7.34. The lowest BCUT2D eigenvalue weighted by Gasteiger charge is -2.05. The minimum atomic E-state index is -0.594. The zero-order valence-corrected chi connectivity index (χ0v) is 10.9. The normalized spacial score (nSPS) is 9.71. The molecule has 0 fully saturated rings. The number of pyridine rings is 1. The summed E-state index contributed by atoms with van der Waals surface area (Å²) in [5.41, 5.74) is 0.863. The molecular formula is C14H9N3O4. The molecule has 0 unspecified atom stereocenters. The van der Waals surface area contributed by atoms with Gasteiger partial charge in [-0.25, -0.2) is 4.79 Å². The molecule has 7 heteroatoms. The highest BCUT2D eigenvalue weighted by atomic mass is 16.6. The third-order valence-corrected chi connectivity index (χ3v) is 2.79.